The van der Waals surface area contributed by atoms with Crippen LogP contribution in [0, 0.1) is 6.92 Å². The monoisotopic (exact) mass is 816 g/mol. The number of rotatable bonds is 16. The molecule has 0 saturated carbocycles. The van der Waals surface area contributed by atoms with Crippen molar-refractivity contribution >= 4 is 21.4 Å². The molecule has 60 heavy (non-hydrogen) atoms. The van der Waals surface area contributed by atoms with Crippen molar-refractivity contribution in [1.82, 2.24) is 0 Å². The quantitative estimate of drug-likeness (QED) is 0.0968. The first-order chi connectivity index (χ1) is 29.6. The van der Waals surface area contributed by atoms with Crippen LogP contribution in [0.1, 0.15) is 61.9 Å². The minimum absolute atomic E-state index is 0.254. The van der Waals surface area contributed by atoms with Gasteiger partial charge in [-0.25, -0.2) is 0 Å². The van der Waals surface area contributed by atoms with Crippen molar-refractivity contribution in [2.24, 2.45) is 0 Å². The highest BCUT2D eigenvalue weighted by Gasteiger charge is 2.61. The molecule has 7 heteroatoms. The number of hydrogen-bond donors (Lipinski definition) is 0. The van der Waals surface area contributed by atoms with E-state index in [1.165, 1.54) is 31.7 Å². The molecular formula is C53H52O6S. The maximum Gasteiger partial charge on any atom is 0.226 e. The third-order valence-electron chi connectivity index (χ3n) is 11.8. The average molecular weight is 817 g/mol. The van der Waals surface area contributed by atoms with Gasteiger partial charge in [0.1, 0.15) is 24.4 Å². The fourth-order valence-electron chi connectivity index (χ4n) is 8.55. The lowest BCUT2D eigenvalue weighted by atomic mass is 9.86. The van der Waals surface area contributed by atoms with Crippen LogP contribution in [-0.2, 0) is 80.1 Å². The zero-order chi connectivity index (χ0) is 40.7. The zero-order valence-corrected chi connectivity index (χ0v) is 35.2. The van der Waals surface area contributed by atoms with E-state index in [4.69, 9.17) is 28.4 Å². The van der Waals surface area contributed by atoms with Crippen molar-refractivity contribution in [3.63, 3.8) is 0 Å². The Morgan fingerprint density at radius 2 is 1.13 bits per heavy atom. The second-order valence-electron chi connectivity index (χ2n) is 15.8. The molecule has 1 aromatic heterocycles. The second kappa shape index (κ2) is 18.8. The van der Waals surface area contributed by atoms with E-state index in [-0.39, 0.29) is 6.61 Å². The Morgan fingerprint density at radius 1 is 0.600 bits per heavy atom. The molecule has 0 radical (unpaired) electrons. The average Bonchev–Trinajstić information content (AvgIpc) is 3.80. The van der Waals surface area contributed by atoms with Gasteiger partial charge in [0, 0.05) is 15.1 Å². The Bertz CT molecular complexity index is 2440. The molecule has 2 aliphatic heterocycles. The molecule has 0 bridgehead atoms. The Labute approximate surface area is 357 Å². The summed E-state index contributed by atoms with van der Waals surface area (Å²) in [6.45, 7) is 6.54. The highest BCUT2D eigenvalue weighted by molar-refractivity contribution is 7.19. The summed E-state index contributed by atoms with van der Waals surface area (Å²) in [7, 11) is 0. The fraction of sp³-hybridized carbons (Fsp3) is 0.283. The zero-order valence-electron chi connectivity index (χ0n) is 34.3. The van der Waals surface area contributed by atoms with Crippen LogP contribution in [0.3, 0.4) is 0 Å². The standard InChI is InChI=1S/C53H52O6S/c1-3-38-24-26-39(27-25-38)28-45-37(2)60-49-29-44-35-58-53(47(44)30-46(45)49)52(57-34-43-22-14-7-15-23-43)51(56-33-42-20-12-6-13-21-42)50(55-32-41-18-10-5-11-19-41)48(59-53)36-54-31-40-16-8-4-9-17-40/h4-27,29-30,48,50-52H,3,28,31-36H2,1-2H3/t48-,50-,51+,52-,53+/m1/s1. The van der Waals surface area contributed by atoms with Crippen molar-refractivity contribution in [3.05, 3.63) is 213 Å². The van der Waals surface area contributed by atoms with E-state index in [1.54, 1.807) is 0 Å². The number of ether oxygens (including phenoxy) is 6. The molecule has 6 nitrogen and oxygen atoms in total. The number of thiophene rings is 1. The molecule has 0 amide bonds. The molecule has 306 valence electrons. The molecule has 1 spiro atoms. The highest BCUT2D eigenvalue weighted by atomic mass is 32.1. The van der Waals surface area contributed by atoms with Gasteiger partial charge in [0.05, 0.1) is 39.6 Å². The minimum atomic E-state index is -1.32. The Kier molecular flexibility index (Phi) is 12.6. The Morgan fingerprint density at radius 3 is 1.72 bits per heavy atom. The third kappa shape index (κ3) is 8.90. The van der Waals surface area contributed by atoms with Gasteiger partial charge < -0.3 is 28.4 Å². The molecule has 7 aromatic rings. The normalized spacial score (nSPS) is 21.1. The van der Waals surface area contributed by atoms with Crippen molar-refractivity contribution < 1.29 is 28.4 Å². The molecule has 1 saturated heterocycles. The minimum Gasteiger partial charge on any atom is -0.374 e. The van der Waals surface area contributed by atoms with E-state index in [2.05, 4.69) is 98.8 Å². The van der Waals surface area contributed by atoms with Gasteiger partial charge in [-0.05, 0) is 81.8 Å². The van der Waals surface area contributed by atoms with E-state index >= 15 is 0 Å². The first-order valence-electron chi connectivity index (χ1n) is 21.1. The third-order valence-corrected chi connectivity index (χ3v) is 12.9. The van der Waals surface area contributed by atoms with Gasteiger partial charge in [-0.2, -0.15) is 0 Å². The first-order valence-corrected chi connectivity index (χ1v) is 21.9. The van der Waals surface area contributed by atoms with E-state index in [9.17, 15) is 0 Å². The predicted octanol–water partition coefficient (Wildman–Crippen LogP) is 11.4. The van der Waals surface area contributed by atoms with Crippen LogP contribution < -0.4 is 0 Å². The number of aryl methyl sites for hydroxylation is 2. The number of fused-ring (bicyclic) bond motifs is 3. The van der Waals surface area contributed by atoms with Crippen LogP contribution in [0.5, 0.6) is 0 Å². The summed E-state index contributed by atoms with van der Waals surface area (Å²) < 4.78 is 43.5. The fourth-order valence-corrected chi connectivity index (χ4v) is 9.68. The van der Waals surface area contributed by atoms with Gasteiger partial charge in [0.2, 0.25) is 5.79 Å². The SMILES string of the molecule is CCc1ccc(Cc2c(C)sc3cc4c(cc23)[C@]2(OC4)O[C@H](COCc3ccccc3)[C@@H](OCc3ccccc3)[C@H](OCc3ccccc3)[C@H]2OCc2ccccc2)cc1. The molecule has 3 heterocycles. The van der Waals surface area contributed by atoms with Crippen LogP contribution >= 0.6 is 11.3 Å². The second-order valence-corrected chi connectivity index (χ2v) is 17.1. The van der Waals surface area contributed by atoms with Crippen molar-refractivity contribution in [3.8, 4) is 0 Å². The predicted molar refractivity (Wildman–Crippen MR) is 238 cm³/mol. The largest absolute Gasteiger partial charge is 0.374 e. The molecule has 0 aliphatic carbocycles. The number of benzene rings is 6. The van der Waals surface area contributed by atoms with Crippen molar-refractivity contribution in [1.29, 1.82) is 0 Å². The molecule has 6 aromatic carbocycles. The van der Waals surface area contributed by atoms with Gasteiger partial charge >= 0.3 is 0 Å². The van der Waals surface area contributed by atoms with Gasteiger partial charge in [-0.15, -0.1) is 11.3 Å². The van der Waals surface area contributed by atoms with Gasteiger partial charge in [0.25, 0.3) is 0 Å². The Hall–Kier alpha value is -4.96. The smallest absolute Gasteiger partial charge is 0.226 e. The summed E-state index contributed by atoms with van der Waals surface area (Å²) in [6, 6.07) is 54.7. The van der Waals surface area contributed by atoms with Crippen LogP contribution in [0.4, 0.5) is 0 Å². The summed E-state index contributed by atoms with van der Waals surface area (Å²) in [5.74, 6) is -1.32. The molecule has 0 unspecified atom stereocenters. The summed E-state index contributed by atoms with van der Waals surface area (Å²) in [6.07, 6.45) is -0.606. The molecule has 0 N–H and O–H groups in total. The van der Waals surface area contributed by atoms with Crippen LogP contribution in [-0.4, -0.2) is 31.0 Å². The molecule has 9 rings (SSSR count). The highest BCUT2D eigenvalue weighted by Crippen LogP contribution is 2.51. The van der Waals surface area contributed by atoms with Crippen LogP contribution in [0.15, 0.2) is 158 Å². The van der Waals surface area contributed by atoms with Gasteiger partial charge in [0.15, 0.2) is 0 Å². The van der Waals surface area contributed by atoms with Gasteiger partial charge in [-0.1, -0.05) is 153 Å². The molecule has 1 fully saturated rings. The summed E-state index contributed by atoms with van der Waals surface area (Å²) in [5, 5.41) is 1.21. The molecule has 5 atom stereocenters. The lowest BCUT2D eigenvalue weighted by Gasteiger charge is -2.51. The first kappa shape index (κ1) is 40.4. The summed E-state index contributed by atoms with van der Waals surface area (Å²) >= 11 is 1.84. The van der Waals surface area contributed by atoms with E-state index in [0.29, 0.717) is 33.0 Å². The van der Waals surface area contributed by atoms with Crippen LogP contribution in [0.2, 0.25) is 0 Å². The van der Waals surface area contributed by atoms with Crippen molar-refractivity contribution in [2.75, 3.05) is 6.61 Å². The van der Waals surface area contributed by atoms with E-state index < -0.39 is 30.2 Å². The Balaban J connectivity index is 1.15. The topological polar surface area (TPSA) is 55.4 Å². The lowest BCUT2D eigenvalue weighted by Crippen LogP contribution is -2.65. The maximum atomic E-state index is 7.45. The maximum absolute atomic E-state index is 7.45. The van der Waals surface area contributed by atoms with Crippen molar-refractivity contribution in [2.45, 2.75) is 89.9 Å². The lowest BCUT2D eigenvalue weighted by molar-refractivity contribution is -0.387. The number of hydrogen-bond acceptors (Lipinski definition) is 7. The summed E-state index contributed by atoms with van der Waals surface area (Å²) in [4.78, 5) is 1.32. The molecule has 2 aliphatic rings. The van der Waals surface area contributed by atoms with Gasteiger partial charge in [-0.3, -0.25) is 0 Å². The summed E-state index contributed by atoms with van der Waals surface area (Å²) in [5.41, 5.74) is 10.3. The van der Waals surface area contributed by atoms with Crippen LogP contribution in [0.25, 0.3) is 10.1 Å². The van der Waals surface area contributed by atoms with E-state index in [1.807, 2.05) is 84.1 Å². The molecular weight excluding hydrogens is 765 g/mol. The van der Waals surface area contributed by atoms with E-state index in [0.717, 1.165) is 46.2 Å².